The first-order valence-corrected chi connectivity index (χ1v) is 14.1. The number of halogens is 1. The van der Waals surface area contributed by atoms with E-state index in [-0.39, 0.29) is 34.8 Å². The van der Waals surface area contributed by atoms with Crippen LogP contribution in [0.2, 0.25) is 0 Å². The molecule has 2 aromatic carbocycles. The maximum Gasteiger partial charge on any atom is 0.248 e. The molecule has 1 amide bonds. The molecule has 194 valence electrons. The summed E-state index contributed by atoms with van der Waals surface area (Å²) in [5.74, 6) is -0.963. The summed E-state index contributed by atoms with van der Waals surface area (Å²) in [6.45, 7) is 1.95. The summed E-state index contributed by atoms with van der Waals surface area (Å²) in [4.78, 5) is 13.2. The Bertz CT molecular complexity index is 1430. The van der Waals surface area contributed by atoms with Gasteiger partial charge < -0.3 is 9.84 Å². The number of hydrogen-bond acceptors (Lipinski definition) is 5. The highest BCUT2D eigenvalue weighted by molar-refractivity contribution is 7.89. The fourth-order valence-corrected chi connectivity index (χ4v) is 7.05. The monoisotopic (exact) mass is 523 g/mol. The molecule has 0 spiro atoms. The van der Waals surface area contributed by atoms with E-state index < -0.39 is 21.8 Å². The van der Waals surface area contributed by atoms with Gasteiger partial charge in [0, 0.05) is 18.7 Å². The zero-order valence-electron chi connectivity index (χ0n) is 20.7. The Hall–Kier alpha value is -3.30. The van der Waals surface area contributed by atoms with E-state index in [1.165, 1.54) is 28.1 Å². The molecule has 2 atom stereocenters. The normalized spacial score (nSPS) is 20.6. The van der Waals surface area contributed by atoms with E-state index in [9.17, 15) is 17.6 Å². The van der Waals surface area contributed by atoms with Crippen LogP contribution in [0.4, 0.5) is 4.39 Å². The molecule has 2 aliphatic rings. The molecule has 37 heavy (non-hydrogen) atoms. The number of benzene rings is 2. The molecular weight excluding hydrogens is 493 g/mol. The van der Waals surface area contributed by atoms with Crippen LogP contribution >= 0.6 is 0 Å². The van der Waals surface area contributed by atoms with Gasteiger partial charge in [-0.05, 0) is 68.4 Å². The first-order chi connectivity index (χ1) is 17.8. The van der Waals surface area contributed by atoms with E-state index in [1.54, 1.807) is 25.1 Å². The van der Waals surface area contributed by atoms with Crippen molar-refractivity contribution in [1.82, 2.24) is 14.8 Å². The van der Waals surface area contributed by atoms with E-state index in [0.29, 0.717) is 24.9 Å². The predicted octanol–water partition coefficient (Wildman–Crippen LogP) is 4.89. The summed E-state index contributed by atoms with van der Waals surface area (Å²) >= 11 is 0. The number of aromatic nitrogens is 1. The number of rotatable bonds is 6. The number of carbonyl (C=O) groups excluding carboxylic acids is 1. The lowest BCUT2D eigenvalue weighted by Crippen LogP contribution is -2.46. The lowest BCUT2D eigenvalue weighted by atomic mass is 9.87. The maximum absolute atomic E-state index is 14.0. The second kappa shape index (κ2) is 10.6. The summed E-state index contributed by atoms with van der Waals surface area (Å²) < 4.78 is 48.0. The van der Waals surface area contributed by atoms with Crippen LogP contribution in [0.25, 0.3) is 12.2 Å². The van der Waals surface area contributed by atoms with E-state index in [0.717, 1.165) is 24.8 Å². The van der Waals surface area contributed by atoms with Gasteiger partial charge >= 0.3 is 0 Å². The molecule has 0 radical (unpaired) electrons. The first kappa shape index (κ1) is 25.4. The van der Waals surface area contributed by atoms with Gasteiger partial charge in [-0.1, -0.05) is 47.6 Å². The summed E-state index contributed by atoms with van der Waals surface area (Å²) in [7, 11) is -3.99. The first-order valence-electron chi connectivity index (χ1n) is 12.6. The minimum atomic E-state index is -3.99. The van der Waals surface area contributed by atoms with E-state index in [4.69, 9.17) is 4.52 Å². The van der Waals surface area contributed by atoms with Gasteiger partial charge in [-0.25, -0.2) is 12.8 Å². The summed E-state index contributed by atoms with van der Waals surface area (Å²) in [6.07, 6.45) is 6.95. The lowest BCUT2D eigenvalue weighted by Gasteiger charge is -2.33. The van der Waals surface area contributed by atoms with Crippen molar-refractivity contribution < 1.29 is 22.1 Å². The van der Waals surface area contributed by atoms with Gasteiger partial charge in [0.1, 0.15) is 11.5 Å². The van der Waals surface area contributed by atoms with Gasteiger partial charge in [0.2, 0.25) is 15.9 Å². The van der Waals surface area contributed by atoms with Crippen LogP contribution in [0.3, 0.4) is 0 Å². The zero-order valence-corrected chi connectivity index (χ0v) is 21.5. The molecule has 2 heterocycles. The molecule has 1 aliphatic heterocycles. The van der Waals surface area contributed by atoms with Crippen molar-refractivity contribution in [3.8, 4) is 0 Å². The molecule has 1 saturated heterocycles. The van der Waals surface area contributed by atoms with Crippen molar-refractivity contribution in [3.63, 3.8) is 0 Å². The quantitative estimate of drug-likeness (QED) is 0.497. The molecular formula is C28H30FN3O4S. The third-order valence-electron chi connectivity index (χ3n) is 7.19. The second-order valence-corrected chi connectivity index (χ2v) is 11.5. The number of fused-ring (bicyclic) bond motifs is 1. The largest absolute Gasteiger partial charge is 0.355 e. The van der Waals surface area contributed by atoms with Crippen molar-refractivity contribution in [3.05, 3.63) is 82.5 Å². The van der Waals surface area contributed by atoms with Gasteiger partial charge in [-0.2, -0.15) is 4.31 Å². The number of nitrogens with one attached hydrogen (secondary N) is 1. The molecule has 3 aromatic rings. The summed E-state index contributed by atoms with van der Waals surface area (Å²) in [6, 6.07) is 14.3. The standard InChI is InChI=1S/C28H30FN3O4S/c1-19-27(26(36-31-19)16-15-21-9-3-5-13-24(21)29)37(34,35)32-17-7-11-22(18-32)28(33)30-25-14-6-10-20-8-2-4-12-23(20)25/h2-5,8-9,12-13,15-16,22,25H,6-7,10-11,14,17-18H2,1H3,(H,30,33)/b16-15+/t22-,25-/m1/s1. The Balaban J connectivity index is 1.33. The Kier molecular flexibility index (Phi) is 7.26. The zero-order chi connectivity index (χ0) is 26.0. The van der Waals surface area contributed by atoms with Crippen molar-refractivity contribution in [2.45, 2.75) is 50.0 Å². The van der Waals surface area contributed by atoms with Crippen LogP contribution in [0.15, 0.2) is 57.9 Å². The van der Waals surface area contributed by atoms with Crippen LogP contribution in [-0.2, 0) is 21.2 Å². The molecule has 0 saturated carbocycles. The van der Waals surface area contributed by atoms with E-state index >= 15 is 0 Å². The number of amides is 1. The predicted molar refractivity (Wildman–Crippen MR) is 138 cm³/mol. The van der Waals surface area contributed by atoms with Crippen molar-refractivity contribution in [2.24, 2.45) is 5.92 Å². The van der Waals surface area contributed by atoms with E-state index in [2.05, 4.69) is 22.6 Å². The third-order valence-corrected chi connectivity index (χ3v) is 9.22. The number of carbonyl (C=O) groups is 1. The minimum absolute atomic E-state index is 0.0335. The highest BCUT2D eigenvalue weighted by atomic mass is 32.2. The Labute approximate surface area is 216 Å². The molecule has 0 bridgehead atoms. The Morgan fingerprint density at radius 1 is 1.11 bits per heavy atom. The lowest BCUT2D eigenvalue weighted by molar-refractivity contribution is -0.127. The Morgan fingerprint density at radius 2 is 1.89 bits per heavy atom. The van der Waals surface area contributed by atoms with Gasteiger partial charge in [0.25, 0.3) is 0 Å². The number of nitrogens with zero attached hydrogens (tertiary/aromatic N) is 2. The van der Waals surface area contributed by atoms with Crippen molar-refractivity contribution >= 4 is 28.1 Å². The van der Waals surface area contributed by atoms with E-state index in [1.807, 2.05) is 12.1 Å². The second-order valence-electron chi connectivity index (χ2n) is 9.67. The average Bonchev–Trinajstić information content (AvgIpc) is 3.29. The fourth-order valence-electron chi connectivity index (χ4n) is 5.27. The smallest absolute Gasteiger partial charge is 0.248 e. The minimum Gasteiger partial charge on any atom is -0.355 e. The number of aryl methyl sites for hydroxylation is 2. The average molecular weight is 524 g/mol. The topological polar surface area (TPSA) is 92.5 Å². The van der Waals surface area contributed by atoms with Crippen LogP contribution in [0.5, 0.6) is 0 Å². The number of sulfonamides is 1. The van der Waals surface area contributed by atoms with Crippen LogP contribution < -0.4 is 5.32 Å². The van der Waals surface area contributed by atoms with Gasteiger partial charge in [-0.3, -0.25) is 4.79 Å². The molecule has 7 nitrogen and oxygen atoms in total. The molecule has 9 heteroatoms. The van der Waals surface area contributed by atoms with Gasteiger partial charge in [0.05, 0.1) is 12.0 Å². The molecule has 1 fully saturated rings. The van der Waals surface area contributed by atoms with Crippen LogP contribution in [0.1, 0.15) is 59.9 Å². The van der Waals surface area contributed by atoms with Crippen molar-refractivity contribution in [1.29, 1.82) is 0 Å². The van der Waals surface area contributed by atoms with Crippen LogP contribution in [-0.4, -0.2) is 36.9 Å². The molecule has 1 aromatic heterocycles. The fraction of sp³-hybridized carbons (Fsp3) is 0.357. The number of hydrogen-bond donors (Lipinski definition) is 1. The highest BCUT2D eigenvalue weighted by Gasteiger charge is 2.37. The molecule has 1 aliphatic carbocycles. The Morgan fingerprint density at radius 3 is 2.73 bits per heavy atom. The SMILES string of the molecule is Cc1noc(/C=C/c2ccccc2F)c1S(=O)(=O)N1CCC[C@@H](C(=O)N[C@@H]2CCCc3ccccc32)C1. The molecule has 5 rings (SSSR count). The highest BCUT2D eigenvalue weighted by Crippen LogP contribution is 2.32. The maximum atomic E-state index is 14.0. The van der Waals surface area contributed by atoms with Crippen LogP contribution in [0, 0.1) is 18.7 Å². The molecule has 1 N–H and O–H groups in total. The summed E-state index contributed by atoms with van der Waals surface area (Å²) in [5, 5.41) is 7.04. The number of piperidine rings is 1. The summed E-state index contributed by atoms with van der Waals surface area (Å²) in [5.41, 5.74) is 2.93. The molecule has 0 unspecified atom stereocenters. The third kappa shape index (κ3) is 5.24. The van der Waals surface area contributed by atoms with Gasteiger partial charge in [0.15, 0.2) is 10.7 Å². The van der Waals surface area contributed by atoms with Gasteiger partial charge in [-0.15, -0.1) is 0 Å². The van der Waals surface area contributed by atoms with Crippen molar-refractivity contribution in [2.75, 3.05) is 13.1 Å².